The molecule has 7 nitrogen and oxygen atoms in total. The zero-order valence-corrected chi connectivity index (χ0v) is 17.4. The van der Waals surface area contributed by atoms with Crippen molar-refractivity contribution in [3.8, 4) is 11.8 Å². The zero-order chi connectivity index (χ0) is 21.1. The lowest BCUT2D eigenvalue weighted by molar-refractivity contribution is 0.302. The highest BCUT2D eigenvalue weighted by molar-refractivity contribution is 7.16. The molecule has 150 valence electrons. The Morgan fingerprint density at radius 1 is 1.33 bits per heavy atom. The van der Waals surface area contributed by atoms with Crippen LogP contribution in [0.5, 0.6) is 5.75 Å². The van der Waals surface area contributed by atoms with Crippen LogP contribution in [0.2, 0.25) is 5.02 Å². The van der Waals surface area contributed by atoms with Crippen LogP contribution in [0.4, 0.5) is 5.13 Å². The minimum atomic E-state index is -0.310. The van der Waals surface area contributed by atoms with Crippen LogP contribution in [0.25, 0.3) is 10.9 Å². The van der Waals surface area contributed by atoms with E-state index in [9.17, 15) is 4.79 Å². The minimum Gasteiger partial charge on any atom is -0.486 e. The van der Waals surface area contributed by atoms with E-state index < -0.39 is 0 Å². The van der Waals surface area contributed by atoms with E-state index in [-0.39, 0.29) is 18.2 Å². The molecule has 3 heterocycles. The SMILES string of the molecule is CC(Nc1ncc(C#N)s1)c1cc2cc(Cl)c(OCc3ccccn3)cc2[nH]c1=O. The number of fused-ring (bicyclic) bond motifs is 1. The third kappa shape index (κ3) is 4.27. The molecule has 0 aliphatic rings. The monoisotopic (exact) mass is 437 g/mol. The van der Waals surface area contributed by atoms with Gasteiger partial charge in [0.1, 0.15) is 23.3 Å². The number of benzene rings is 1. The van der Waals surface area contributed by atoms with Gasteiger partial charge >= 0.3 is 0 Å². The van der Waals surface area contributed by atoms with Gasteiger partial charge in [-0.1, -0.05) is 29.0 Å². The predicted molar refractivity (Wildman–Crippen MR) is 117 cm³/mol. The zero-order valence-electron chi connectivity index (χ0n) is 15.8. The highest BCUT2D eigenvalue weighted by Crippen LogP contribution is 2.31. The average Bonchev–Trinajstić information content (AvgIpc) is 3.20. The summed E-state index contributed by atoms with van der Waals surface area (Å²) in [6.45, 7) is 2.13. The molecular weight excluding hydrogens is 422 g/mol. The first kappa shape index (κ1) is 19.9. The second-order valence-electron chi connectivity index (χ2n) is 6.54. The number of pyridine rings is 2. The van der Waals surface area contributed by atoms with E-state index in [0.717, 1.165) is 11.1 Å². The van der Waals surface area contributed by atoms with Crippen LogP contribution < -0.4 is 15.6 Å². The van der Waals surface area contributed by atoms with Gasteiger partial charge in [0.15, 0.2) is 5.13 Å². The Balaban J connectivity index is 1.58. The summed E-state index contributed by atoms with van der Waals surface area (Å²) in [6.07, 6.45) is 3.19. The summed E-state index contributed by atoms with van der Waals surface area (Å²) in [4.78, 5) is 24.4. The Labute approximate surface area is 181 Å². The number of hydrogen-bond donors (Lipinski definition) is 2. The maximum absolute atomic E-state index is 12.7. The van der Waals surface area contributed by atoms with Gasteiger partial charge in [0.05, 0.1) is 28.5 Å². The Morgan fingerprint density at radius 2 is 2.20 bits per heavy atom. The number of hydrogen-bond acceptors (Lipinski definition) is 7. The van der Waals surface area contributed by atoms with Crippen molar-refractivity contribution in [2.75, 3.05) is 5.32 Å². The molecule has 0 aliphatic heterocycles. The topological polar surface area (TPSA) is 104 Å². The van der Waals surface area contributed by atoms with Gasteiger partial charge < -0.3 is 15.0 Å². The molecular formula is C21H16ClN5O2S. The van der Waals surface area contributed by atoms with E-state index in [1.54, 1.807) is 24.4 Å². The molecule has 0 saturated carbocycles. The summed E-state index contributed by atoms with van der Waals surface area (Å²) in [7, 11) is 0. The van der Waals surface area contributed by atoms with Gasteiger partial charge in [0, 0.05) is 23.2 Å². The molecule has 4 rings (SSSR count). The first-order valence-corrected chi connectivity index (χ1v) is 10.2. The third-order valence-corrected chi connectivity index (χ3v) is 5.58. The first-order chi connectivity index (χ1) is 14.5. The van der Waals surface area contributed by atoms with E-state index >= 15 is 0 Å². The second kappa shape index (κ2) is 8.53. The van der Waals surface area contributed by atoms with E-state index in [4.69, 9.17) is 21.6 Å². The number of nitriles is 1. The summed E-state index contributed by atoms with van der Waals surface area (Å²) >= 11 is 7.63. The van der Waals surface area contributed by atoms with Crippen LogP contribution in [0.3, 0.4) is 0 Å². The summed E-state index contributed by atoms with van der Waals surface area (Å²) < 4.78 is 5.78. The summed E-state index contributed by atoms with van der Waals surface area (Å²) in [5.74, 6) is 0.469. The fourth-order valence-electron chi connectivity index (χ4n) is 2.95. The van der Waals surface area contributed by atoms with Gasteiger partial charge in [-0.15, -0.1) is 0 Å². The van der Waals surface area contributed by atoms with Gasteiger partial charge in [-0.25, -0.2) is 4.98 Å². The number of aromatic amines is 1. The lowest BCUT2D eigenvalue weighted by Gasteiger charge is -2.14. The maximum atomic E-state index is 12.7. The largest absolute Gasteiger partial charge is 0.486 e. The van der Waals surface area contributed by atoms with Gasteiger partial charge in [-0.3, -0.25) is 9.78 Å². The Kier molecular flexibility index (Phi) is 5.65. The van der Waals surface area contributed by atoms with E-state index in [1.807, 2.05) is 31.2 Å². The standard InChI is InChI=1S/C21H16ClN5O2S/c1-12(26-21-25-10-15(9-23)30-21)16-6-13-7-17(22)19(8-18(13)27-20(16)28)29-11-14-4-2-3-5-24-14/h2-8,10,12H,11H2,1H3,(H,25,26)(H,27,28). The maximum Gasteiger partial charge on any atom is 0.253 e. The minimum absolute atomic E-state index is 0.224. The Hall–Kier alpha value is -3.41. The number of nitrogens with zero attached hydrogens (tertiary/aromatic N) is 3. The number of nitrogens with one attached hydrogen (secondary N) is 2. The number of H-pyrrole nitrogens is 1. The third-order valence-electron chi connectivity index (χ3n) is 4.45. The van der Waals surface area contributed by atoms with Crippen molar-refractivity contribution in [1.29, 1.82) is 5.26 Å². The van der Waals surface area contributed by atoms with Crippen molar-refractivity contribution in [1.82, 2.24) is 15.0 Å². The van der Waals surface area contributed by atoms with Crippen LogP contribution in [0.1, 0.15) is 29.1 Å². The molecule has 0 fully saturated rings. The molecule has 1 atom stereocenters. The number of thiazole rings is 1. The van der Waals surface area contributed by atoms with Gasteiger partial charge in [0.25, 0.3) is 5.56 Å². The molecule has 0 saturated heterocycles. The van der Waals surface area contributed by atoms with Crippen LogP contribution >= 0.6 is 22.9 Å². The molecule has 0 spiro atoms. The van der Waals surface area contributed by atoms with E-state index in [0.29, 0.717) is 31.9 Å². The Bertz CT molecular complexity index is 1300. The number of halogens is 1. The van der Waals surface area contributed by atoms with E-state index in [2.05, 4.69) is 20.3 Å². The molecule has 2 N–H and O–H groups in total. The normalized spacial score (nSPS) is 11.8. The average molecular weight is 438 g/mol. The lowest BCUT2D eigenvalue weighted by Crippen LogP contribution is -2.19. The van der Waals surface area contributed by atoms with Crippen molar-refractivity contribution in [3.05, 3.63) is 80.3 Å². The van der Waals surface area contributed by atoms with E-state index in [1.165, 1.54) is 17.5 Å². The predicted octanol–water partition coefficient (Wildman–Crippen LogP) is 4.66. The highest BCUT2D eigenvalue weighted by Gasteiger charge is 2.15. The van der Waals surface area contributed by atoms with Crippen molar-refractivity contribution in [3.63, 3.8) is 0 Å². The summed E-state index contributed by atoms with van der Waals surface area (Å²) in [6, 6.07) is 12.6. The lowest BCUT2D eigenvalue weighted by atomic mass is 10.1. The van der Waals surface area contributed by atoms with Crippen molar-refractivity contribution in [2.24, 2.45) is 0 Å². The first-order valence-electron chi connectivity index (χ1n) is 9.05. The molecule has 30 heavy (non-hydrogen) atoms. The summed E-state index contributed by atoms with van der Waals surface area (Å²) in [5, 5.41) is 13.9. The van der Waals surface area contributed by atoms with Crippen molar-refractivity contribution >= 4 is 39.0 Å². The quantitative estimate of drug-likeness (QED) is 0.454. The summed E-state index contributed by atoms with van der Waals surface area (Å²) in [5.41, 5.74) is 1.71. The van der Waals surface area contributed by atoms with Crippen molar-refractivity contribution in [2.45, 2.75) is 19.6 Å². The highest BCUT2D eigenvalue weighted by atomic mass is 35.5. The van der Waals surface area contributed by atoms with Crippen LogP contribution in [-0.2, 0) is 6.61 Å². The smallest absolute Gasteiger partial charge is 0.253 e. The van der Waals surface area contributed by atoms with Crippen molar-refractivity contribution < 1.29 is 4.74 Å². The molecule has 3 aromatic heterocycles. The molecule has 1 unspecified atom stereocenters. The molecule has 4 aromatic rings. The van der Waals surface area contributed by atoms with Gasteiger partial charge in [-0.2, -0.15) is 5.26 Å². The number of aromatic nitrogens is 3. The molecule has 0 radical (unpaired) electrons. The molecule has 9 heteroatoms. The second-order valence-corrected chi connectivity index (χ2v) is 7.98. The molecule has 0 aliphatic carbocycles. The fourth-order valence-corrected chi connectivity index (χ4v) is 3.87. The van der Waals surface area contributed by atoms with Crippen LogP contribution in [0.15, 0.2) is 53.6 Å². The molecule has 1 aromatic carbocycles. The number of anilines is 1. The molecule has 0 amide bonds. The van der Waals surface area contributed by atoms with Gasteiger partial charge in [-0.05, 0) is 31.2 Å². The number of ether oxygens (including phenoxy) is 1. The molecule has 0 bridgehead atoms. The fraction of sp³-hybridized carbons (Fsp3) is 0.143. The van der Waals surface area contributed by atoms with Crippen LogP contribution in [-0.4, -0.2) is 15.0 Å². The van der Waals surface area contributed by atoms with Crippen LogP contribution in [0, 0.1) is 11.3 Å². The number of rotatable bonds is 6. The van der Waals surface area contributed by atoms with Gasteiger partial charge in [0.2, 0.25) is 0 Å². The Morgan fingerprint density at radius 3 is 2.93 bits per heavy atom.